The fraction of sp³-hybridized carbons (Fsp3) is 0.143. The average molecular weight is 420 g/mol. The van der Waals surface area contributed by atoms with Crippen molar-refractivity contribution >= 4 is 49.4 Å². The van der Waals surface area contributed by atoms with Crippen molar-refractivity contribution in [3.05, 3.63) is 61.8 Å². The number of pyridine rings is 1. The first-order valence-corrected chi connectivity index (χ1v) is 7.72. The third-order valence-electron chi connectivity index (χ3n) is 2.82. The number of nitrogens with zero attached hydrogens (tertiary/aromatic N) is 1. The van der Waals surface area contributed by atoms with Crippen molar-refractivity contribution in [3.63, 3.8) is 0 Å². The van der Waals surface area contributed by atoms with Crippen molar-refractivity contribution in [3.8, 4) is 0 Å². The van der Waals surface area contributed by atoms with Crippen LogP contribution in [0.15, 0.2) is 45.5 Å². The number of carboxylic acid groups (broad SMARTS) is 1. The molecular formula is C14H10Br2ClNO2. The van der Waals surface area contributed by atoms with Gasteiger partial charge in [0, 0.05) is 20.2 Å². The zero-order valence-corrected chi connectivity index (χ0v) is 14.1. The van der Waals surface area contributed by atoms with Crippen LogP contribution >= 0.6 is 43.5 Å². The second-order valence-corrected chi connectivity index (χ2v) is 6.45. The zero-order chi connectivity index (χ0) is 14.7. The van der Waals surface area contributed by atoms with Crippen LogP contribution in [-0.2, 0) is 11.2 Å². The van der Waals surface area contributed by atoms with Crippen molar-refractivity contribution < 1.29 is 9.90 Å². The summed E-state index contributed by atoms with van der Waals surface area (Å²) in [6.07, 6.45) is 1.96. The molecule has 0 saturated heterocycles. The maximum absolute atomic E-state index is 11.5. The standard InChI is InChI=1S/C14H10Br2ClNO2/c15-9-6-12(16)13(18-7-9)11(14(19)20)5-8-1-3-10(17)4-2-8/h1-4,6-7,11H,5H2,(H,19,20). The van der Waals surface area contributed by atoms with Gasteiger partial charge in [-0.25, -0.2) is 0 Å². The Balaban J connectivity index is 2.31. The van der Waals surface area contributed by atoms with Crippen molar-refractivity contribution in [2.75, 3.05) is 0 Å². The number of hydrogen-bond donors (Lipinski definition) is 1. The van der Waals surface area contributed by atoms with Crippen molar-refractivity contribution in [1.29, 1.82) is 0 Å². The molecule has 0 spiro atoms. The first-order valence-electron chi connectivity index (χ1n) is 5.75. The number of aromatic nitrogens is 1. The molecule has 0 bridgehead atoms. The van der Waals surface area contributed by atoms with Gasteiger partial charge >= 0.3 is 5.97 Å². The molecule has 2 aromatic rings. The van der Waals surface area contributed by atoms with E-state index in [9.17, 15) is 9.90 Å². The quantitative estimate of drug-likeness (QED) is 0.784. The predicted molar refractivity (Wildman–Crippen MR) is 85.2 cm³/mol. The minimum Gasteiger partial charge on any atom is -0.481 e. The SMILES string of the molecule is O=C(O)C(Cc1ccc(Cl)cc1)c1ncc(Br)cc1Br. The fourth-order valence-corrected chi connectivity index (χ4v) is 3.23. The van der Waals surface area contributed by atoms with Gasteiger partial charge in [-0.1, -0.05) is 23.7 Å². The van der Waals surface area contributed by atoms with E-state index in [1.807, 2.05) is 12.1 Å². The summed E-state index contributed by atoms with van der Waals surface area (Å²) in [5.74, 6) is -1.62. The fourth-order valence-electron chi connectivity index (χ4n) is 1.84. The molecule has 0 fully saturated rings. The largest absolute Gasteiger partial charge is 0.481 e. The maximum Gasteiger partial charge on any atom is 0.312 e. The molecule has 0 radical (unpaired) electrons. The van der Waals surface area contributed by atoms with E-state index in [1.165, 1.54) is 0 Å². The van der Waals surface area contributed by atoms with E-state index < -0.39 is 11.9 Å². The Labute approximate surface area is 138 Å². The average Bonchev–Trinajstić information content (AvgIpc) is 2.39. The first-order chi connectivity index (χ1) is 9.47. The molecule has 1 unspecified atom stereocenters. The van der Waals surface area contributed by atoms with Gasteiger partial charge in [-0.3, -0.25) is 9.78 Å². The molecule has 0 saturated carbocycles. The Morgan fingerprint density at radius 3 is 2.50 bits per heavy atom. The van der Waals surface area contributed by atoms with Crippen molar-refractivity contribution in [2.45, 2.75) is 12.3 Å². The molecular weight excluding hydrogens is 409 g/mol. The number of carbonyl (C=O) groups is 1. The van der Waals surface area contributed by atoms with Crippen LogP contribution in [-0.4, -0.2) is 16.1 Å². The van der Waals surface area contributed by atoms with Gasteiger partial charge in [0.15, 0.2) is 0 Å². The molecule has 1 heterocycles. The van der Waals surface area contributed by atoms with Gasteiger partial charge in [0.25, 0.3) is 0 Å². The second-order valence-electron chi connectivity index (χ2n) is 4.24. The Hall–Kier alpha value is -0.910. The molecule has 0 amide bonds. The van der Waals surface area contributed by atoms with E-state index in [2.05, 4.69) is 36.8 Å². The normalized spacial score (nSPS) is 12.2. The summed E-state index contributed by atoms with van der Waals surface area (Å²) in [7, 11) is 0. The Kier molecular flexibility index (Phi) is 5.18. The molecule has 0 aliphatic heterocycles. The molecule has 20 heavy (non-hydrogen) atoms. The summed E-state index contributed by atoms with van der Waals surface area (Å²) in [5, 5.41) is 10.1. The summed E-state index contributed by atoms with van der Waals surface area (Å²) in [5.41, 5.74) is 1.41. The Bertz CT molecular complexity index is 632. The van der Waals surface area contributed by atoms with Crippen LogP contribution in [0.2, 0.25) is 5.02 Å². The molecule has 1 aromatic heterocycles. The van der Waals surface area contributed by atoms with E-state index in [4.69, 9.17) is 11.6 Å². The molecule has 104 valence electrons. The smallest absolute Gasteiger partial charge is 0.312 e. The van der Waals surface area contributed by atoms with Crippen LogP contribution in [0.3, 0.4) is 0 Å². The van der Waals surface area contributed by atoms with Crippen LogP contribution in [0, 0.1) is 0 Å². The van der Waals surface area contributed by atoms with Gasteiger partial charge in [-0.05, 0) is 62.0 Å². The molecule has 0 aliphatic rings. The molecule has 0 aliphatic carbocycles. The van der Waals surface area contributed by atoms with Gasteiger partial charge in [-0.15, -0.1) is 0 Å². The van der Waals surface area contributed by atoms with Crippen LogP contribution in [0.1, 0.15) is 17.2 Å². The number of halogens is 3. The minimum atomic E-state index is -0.907. The number of rotatable bonds is 4. The highest BCUT2D eigenvalue weighted by Crippen LogP contribution is 2.29. The Morgan fingerprint density at radius 1 is 1.30 bits per heavy atom. The van der Waals surface area contributed by atoms with Crippen molar-refractivity contribution in [2.24, 2.45) is 0 Å². The number of benzene rings is 1. The van der Waals surface area contributed by atoms with Gasteiger partial charge < -0.3 is 5.11 Å². The number of carboxylic acids is 1. The topological polar surface area (TPSA) is 50.2 Å². The van der Waals surface area contributed by atoms with Gasteiger partial charge in [0.1, 0.15) is 5.92 Å². The first kappa shape index (κ1) is 15.5. The van der Waals surface area contributed by atoms with Gasteiger partial charge in [0.2, 0.25) is 0 Å². The Morgan fingerprint density at radius 2 is 1.95 bits per heavy atom. The van der Waals surface area contributed by atoms with Crippen LogP contribution < -0.4 is 0 Å². The molecule has 1 atom stereocenters. The third-order valence-corrected chi connectivity index (χ3v) is 4.14. The lowest BCUT2D eigenvalue weighted by molar-refractivity contribution is -0.138. The minimum absolute atomic E-state index is 0.361. The lowest BCUT2D eigenvalue weighted by Gasteiger charge is -2.14. The van der Waals surface area contributed by atoms with Crippen LogP contribution in [0.5, 0.6) is 0 Å². The van der Waals surface area contributed by atoms with Crippen LogP contribution in [0.25, 0.3) is 0 Å². The predicted octanol–water partition coefficient (Wildman–Crippen LogP) is 4.67. The summed E-state index contributed by atoms with van der Waals surface area (Å²) < 4.78 is 1.47. The van der Waals surface area contributed by atoms with Gasteiger partial charge in [0.05, 0.1) is 5.69 Å². The highest BCUT2D eigenvalue weighted by Gasteiger charge is 2.24. The van der Waals surface area contributed by atoms with E-state index in [0.717, 1.165) is 10.0 Å². The highest BCUT2D eigenvalue weighted by atomic mass is 79.9. The van der Waals surface area contributed by atoms with E-state index in [-0.39, 0.29) is 0 Å². The molecule has 6 heteroatoms. The highest BCUT2D eigenvalue weighted by molar-refractivity contribution is 9.11. The van der Waals surface area contributed by atoms with Crippen LogP contribution in [0.4, 0.5) is 0 Å². The zero-order valence-electron chi connectivity index (χ0n) is 10.2. The summed E-state index contributed by atoms with van der Waals surface area (Å²) >= 11 is 12.5. The van der Waals surface area contributed by atoms with E-state index in [0.29, 0.717) is 21.6 Å². The number of hydrogen-bond acceptors (Lipinski definition) is 2. The maximum atomic E-state index is 11.5. The lowest BCUT2D eigenvalue weighted by Crippen LogP contribution is -2.16. The van der Waals surface area contributed by atoms with E-state index >= 15 is 0 Å². The van der Waals surface area contributed by atoms with Crippen molar-refractivity contribution in [1.82, 2.24) is 4.98 Å². The number of aliphatic carboxylic acids is 1. The molecule has 1 aromatic carbocycles. The summed E-state index contributed by atoms with van der Waals surface area (Å²) in [6, 6.07) is 8.94. The molecule has 1 N–H and O–H groups in total. The second kappa shape index (κ2) is 6.70. The monoisotopic (exact) mass is 417 g/mol. The lowest BCUT2D eigenvalue weighted by atomic mass is 9.96. The van der Waals surface area contributed by atoms with E-state index in [1.54, 1.807) is 24.4 Å². The summed E-state index contributed by atoms with van der Waals surface area (Å²) in [4.78, 5) is 15.7. The molecule has 2 rings (SSSR count). The molecule has 3 nitrogen and oxygen atoms in total. The van der Waals surface area contributed by atoms with Gasteiger partial charge in [-0.2, -0.15) is 0 Å². The summed E-state index contributed by atoms with van der Waals surface area (Å²) in [6.45, 7) is 0. The third kappa shape index (κ3) is 3.81.